The summed E-state index contributed by atoms with van der Waals surface area (Å²) in [5.74, 6) is 0.183. The fourth-order valence-corrected chi connectivity index (χ4v) is 4.97. The highest BCUT2D eigenvalue weighted by atomic mass is 16.6. The maximum atomic E-state index is 12.4. The monoisotopic (exact) mass is 482 g/mol. The molecule has 2 aromatic heterocycles. The van der Waals surface area contributed by atoms with E-state index in [1.165, 1.54) is 0 Å². The molecule has 0 aliphatic carbocycles. The summed E-state index contributed by atoms with van der Waals surface area (Å²) in [6.45, 7) is 9.57. The number of fused-ring (bicyclic) bond motifs is 1. The minimum absolute atomic E-state index is 0.128. The number of likely N-dealkylation sites (tertiary alicyclic amines) is 1. The predicted molar refractivity (Wildman–Crippen MR) is 130 cm³/mol. The van der Waals surface area contributed by atoms with E-state index in [1.807, 2.05) is 43.1 Å². The highest BCUT2D eigenvalue weighted by molar-refractivity contribution is 5.93. The molecular formula is C25H34N6O4. The molecular weight excluding hydrogens is 448 g/mol. The summed E-state index contributed by atoms with van der Waals surface area (Å²) >= 11 is 0. The van der Waals surface area contributed by atoms with Crippen LogP contribution >= 0.6 is 0 Å². The Hall–Kier alpha value is -3.14. The van der Waals surface area contributed by atoms with Crippen LogP contribution in [-0.4, -0.2) is 66.2 Å². The number of carbonyl (C=O) groups excluding carboxylic acids is 1. The number of rotatable bonds is 3. The Bertz CT molecular complexity index is 1210. The van der Waals surface area contributed by atoms with Crippen molar-refractivity contribution in [3.05, 3.63) is 23.9 Å². The Morgan fingerprint density at radius 1 is 1.11 bits per heavy atom. The number of amides is 1. The first-order chi connectivity index (χ1) is 16.7. The number of benzene rings is 1. The second-order valence-corrected chi connectivity index (χ2v) is 10.5. The lowest BCUT2D eigenvalue weighted by Crippen LogP contribution is -2.42. The average Bonchev–Trinajstić information content (AvgIpc) is 3.38. The zero-order chi connectivity index (χ0) is 24.7. The SMILES string of the molecule is Cc1c(-c2nn(C3CCCCO3)c3ccc(O)cc23)nnn1C1CCN(C(=O)OC(C)(C)C)CC1. The zero-order valence-corrected chi connectivity index (χ0v) is 20.9. The van der Waals surface area contributed by atoms with Gasteiger partial charge >= 0.3 is 6.09 Å². The van der Waals surface area contributed by atoms with Crippen LogP contribution in [0, 0.1) is 6.92 Å². The van der Waals surface area contributed by atoms with Gasteiger partial charge in [-0.2, -0.15) is 5.10 Å². The van der Waals surface area contributed by atoms with E-state index in [4.69, 9.17) is 14.6 Å². The number of phenolic OH excluding ortho intramolecular Hbond substituents is 1. The van der Waals surface area contributed by atoms with Crippen LogP contribution in [0.3, 0.4) is 0 Å². The largest absolute Gasteiger partial charge is 0.508 e. The molecule has 1 unspecified atom stereocenters. The van der Waals surface area contributed by atoms with Crippen molar-refractivity contribution in [3.63, 3.8) is 0 Å². The minimum Gasteiger partial charge on any atom is -0.508 e. The van der Waals surface area contributed by atoms with Gasteiger partial charge in [-0.05, 0) is 78.0 Å². The van der Waals surface area contributed by atoms with Crippen molar-refractivity contribution < 1.29 is 19.4 Å². The lowest BCUT2D eigenvalue weighted by molar-refractivity contribution is -0.0365. The standard InChI is InChI=1S/C25H34N6O4/c1-16-22(26-28-30(16)17-10-12-29(13-11-17)24(33)35-25(2,3)4)23-19-15-18(32)8-9-20(19)31(27-23)21-7-5-6-14-34-21/h8-9,15,17,21,32H,5-7,10-14H2,1-4H3. The number of hydrogen-bond acceptors (Lipinski definition) is 7. The van der Waals surface area contributed by atoms with Crippen LogP contribution in [0.5, 0.6) is 5.75 Å². The smallest absolute Gasteiger partial charge is 0.410 e. The number of hydrogen-bond donors (Lipinski definition) is 1. The van der Waals surface area contributed by atoms with Crippen LogP contribution in [0.4, 0.5) is 4.79 Å². The molecule has 3 aromatic rings. The van der Waals surface area contributed by atoms with Crippen LogP contribution in [0.15, 0.2) is 18.2 Å². The maximum Gasteiger partial charge on any atom is 0.410 e. The van der Waals surface area contributed by atoms with Crippen molar-refractivity contribution in [2.45, 2.75) is 77.7 Å². The van der Waals surface area contributed by atoms with E-state index in [2.05, 4.69) is 10.3 Å². The van der Waals surface area contributed by atoms with E-state index in [0.717, 1.165) is 55.3 Å². The summed E-state index contributed by atoms with van der Waals surface area (Å²) in [5.41, 5.74) is 2.71. The number of aromatic hydroxyl groups is 1. The van der Waals surface area contributed by atoms with Crippen molar-refractivity contribution in [3.8, 4) is 17.1 Å². The van der Waals surface area contributed by atoms with Gasteiger partial charge in [-0.25, -0.2) is 14.2 Å². The van der Waals surface area contributed by atoms with Crippen molar-refractivity contribution in [1.82, 2.24) is 29.7 Å². The normalized spacial score (nSPS) is 19.9. The molecule has 2 aliphatic heterocycles. The molecule has 1 N–H and O–H groups in total. The van der Waals surface area contributed by atoms with Gasteiger partial charge in [0.2, 0.25) is 0 Å². The van der Waals surface area contributed by atoms with E-state index < -0.39 is 5.60 Å². The van der Waals surface area contributed by atoms with Crippen molar-refractivity contribution in [2.75, 3.05) is 19.7 Å². The molecule has 2 aliphatic rings. The Balaban J connectivity index is 1.40. The van der Waals surface area contributed by atoms with Gasteiger partial charge in [0, 0.05) is 25.1 Å². The molecule has 10 heteroatoms. The van der Waals surface area contributed by atoms with Crippen LogP contribution in [0.25, 0.3) is 22.3 Å². The zero-order valence-electron chi connectivity index (χ0n) is 20.9. The predicted octanol–water partition coefficient (Wildman–Crippen LogP) is 4.58. The molecule has 0 saturated carbocycles. The highest BCUT2D eigenvalue weighted by Crippen LogP contribution is 2.36. The van der Waals surface area contributed by atoms with E-state index in [1.54, 1.807) is 17.0 Å². The van der Waals surface area contributed by atoms with Gasteiger partial charge in [-0.1, -0.05) is 5.21 Å². The molecule has 0 radical (unpaired) electrons. The lowest BCUT2D eigenvalue weighted by Gasteiger charge is -2.33. The van der Waals surface area contributed by atoms with Gasteiger partial charge in [0.25, 0.3) is 0 Å². The Morgan fingerprint density at radius 2 is 1.89 bits per heavy atom. The first-order valence-electron chi connectivity index (χ1n) is 12.4. The van der Waals surface area contributed by atoms with Gasteiger partial charge in [0.1, 0.15) is 22.7 Å². The molecule has 1 amide bonds. The molecule has 5 rings (SSSR count). The average molecular weight is 483 g/mol. The molecule has 188 valence electrons. The Morgan fingerprint density at radius 3 is 2.57 bits per heavy atom. The van der Waals surface area contributed by atoms with Crippen LogP contribution in [0.2, 0.25) is 0 Å². The third kappa shape index (κ3) is 4.71. The third-order valence-corrected chi connectivity index (χ3v) is 6.73. The van der Waals surface area contributed by atoms with E-state index in [0.29, 0.717) is 24.5 Å². The molecule has 4 heterocycles. The van der Waals surface area contributed by atoms with E-state index >= 15 is 0 Å². The lowest BCUT2D eigenvalue weighted by atomic mass is 10.0. The van der Waals surface area contributed by atoms with Crippen LogP contribution in [0.1, 0.15) is 70.8 Å². The quantitative estimate of drug-likeness (QED) is 0.582. The Labute approximate surface area is 204 Å². The van der Waals surface area contributed by atoms with Gasteiger partial charge in [-0.15, -0.1) is 5.10 Å². The summed E-state index contributed by atoms with van der Waals surface area (Å²) in [4.78, 5) is 14.2. The highest BCUT2D eigenvalue weighted by Gasteiger charge is 2.30. The molecule has 1 atom stereocenters. The minimum atomic E-state index is -0.505. The first-order valence-corrected chi connectivity index (χ1v) is 12.4. The molecule has 0 bridgehead atoms. The summed E-state index contributed by atoms with van der Waals surface area (Å²) in [6.07, 6.45) is 4.20. The van der Waals surface area contributed by atoms with Crippen LogP contribution < -0.4 is 0 Å². The van der Waals surface area contributed by atoms with Crippen molar-refractivity contribution in [1.29, 1.82) is 0 Å². The molecule has 0 spiro atoms. The van der Waals surface area contributed by atoms with Gasteiger partial charge in [0.15, 0.2) is 6.23 Å². The molecule has 1 aromatic carbocycles. The molecule has 35 heavy (non-hydrogen) atoms. The molecule has 10 nitrogen and oxygen atoms in total. The second kappa shape index (κ2) is 9.14. The maximum absolute atomic E-state index is 12.4. The number of nitrogens with zero attached hydrogens (tertiary/aromatic N) is 6. The summed E-state index contributed by atoms with van der Waals surface area (Å²) < 4.78 is 15.4. The number of phenols is 1. The number of piperidine rings is 1. The number of carbonyl (C=O) groups is 1. The topological polar surface area (TPSA) is 108 Å². The van der Waals surface area contributed by atoms with Gasteiger partial charge < -0.3 is 19.5 Å². The van der Waals surface area contributed by atoms with E-state index in [9.17, 15) is 9.90 Å². The fraction of sp³-hybridized carbons (Fsp3) is 0.600. The first kappa shape index (κ1) is 23.6. The summed E-state index contributed by atoms with van der Waals surface area (Å²) in [6, 6.07) is 5.42. The molecule has 2 saturated heterocycles. The van der Waals surface area contributed by atoms with Crippen molar-refractivity contribution >= 4 is 17.0 Å². The summed E-state index contributed by atoms with van der Waals surface area (Å²) in [5, 5.41) is 24.9. The fourth-order valence-electron chi connectivity index (χ4n) is 4.97. The van der Waals surface area contributed by atoms with Crippen LogP contribution in [-0.2, 0) is 9.47 Å². The third-order valence-electron chi connectivity index (χ3n) is 6.73. The van der Waals surface area contributed by atoms with Crippen molar-refractivity contribution in [2.24, 2.45) is 0 Å². The van der Waals surface area contributed by atoms with Gasteiger partial charge in [0.05, 0.1) is 17.3 Å². The number of aromatic nitrogens is 5. The molecule has 2 fully saturated rings. The van der Waals surface area contributed by atoms with Gasteiger partial charge in [-0.3, -0.25) is 0 Å². The second-order valence-electron chi connectivity index (χ2n) is 10.5. The van der Waals surface area contributed by atoms with E-state index in [-0.39, 0.29) is 24.1 Å². The summed E-state index contributed by atoms with van der Waals surface area (Å²) in [7, 11) is 0. The number of ether oxygens (including phenoxy) is 2. The Kier molecular flexibility index (Phi) is 6.16.